The molecule has 156 valence electrons. The Morgan fingerprint density at radius 1 is 1.03 bits per heavy atom. The van der Waals surface area contributed by atoms with Crippen molar-refractivity contribution in [3.8, 4) is 0 Å². The van der Waals surface area contributed by atoms with Crippen molar-refractivity contribution in [3.05, 3.63) is 47.3 Å². The van der Waals surface area contributed by atoms with Crippen molar-refractivity contribution in [1.82, 2.24) is 19.9 Å². The summed E-state index contributed by atoms with van der Waals surface area (Å²) in [4.78, 5) is 41.3. The smallest absolute Gasteiger partial charge is 0.337 e. The lowest BCUT2D eigenvalue weighted by molar-refractivity contribution is -0.147. The molecule has 2 aromatic heterocycles. The van der Waals surface area contributed by atoms with E-state index in [0.717, 1.165) is 0 Å². The second kappa shape index (κ2) is 8.27. The summed E-state index contributed by atoms with van der Waals surface area (Å²) in [5.74, 6) is -0.782. The van der Waals surface area contributed by atoms with Crippen molar-refractivity contribution in [2.24, 2.45) is 0 Å². The third-order valence-electron chi connectivity index (χ3n) is 5.02. The Balaban J connectivity index is 2.07. The van der Waals surface area contributed by atoms with E-state index in [0.29, 0.717) is 28.8 Å². The van der Waals surface area contributed by atoms with Gasteiger partial charge in [-0.3, -0.25) is 4.79 Å². The predicted octanol–water partition coefficient (Wildman–Crippen LogP) is 1.43. The van der Waals surface area contributed by atoms with Gasteiger partial charge >= 0.3 is 11.9 Å². The van der Waals surface area contributed by atoms with Crippen LogP contribution in [-0.2, 0) is 26.1 Å². The fourth-order valence-electron chi connectivity index (χ4n) is 3.38. The van der Waals surface area contributed by atoms with Gasteiger partial charge < -0.3 is 20.9 Å². The van der Waals surface area contributed by atoms with E-state index in [1.165, 1.54) is 20.4 Å². The first kappa shape index (κ1) is 20.9. The number of carbonyl (C=O) groups excluding carboxylic acids is 2. The van der Waals surface area contributed by atoms with Crippen LogP contribution in [0.1, 0.15) is 35.0 Å². The van der Waals surface area contributed by atoms with Gasteiger partial charge in [0, 0.05) is 6.42 Å². The average Bonchev–Trinajstić information content (AvgIpc) is 2.76. The summed E-state index contributed by atoms with van der Waals surface area (Å²) < 4.78 is 9.85. The maximum Gasteiger partial charge on any atom is 0.337 e. The maximum absolute atomic E-state index is 12.9. The average molecular weight is 410 g/mol. The molecule has 0 fully saturated rings. The van der Waals surface area contributed by atoms with Crippen LogP contribution >= 0.6 is 0 Å². The van der Waals surface area contributed by atoms with Crippen LogP contribution < -0.4 is 11.5 Å². The Morgan fingerprint density at radius 2 is 1.73 bits per heavy atom. The molecule has 4 N–H and O–H groups in total. The molecular weight excluding hydrogens is 388 g/mol. The highest BCUT2D eigenvalue weighted by atomic mass is 16.5. The molecule has 0 saturated carbocycles. The largest absolute Gasteiger partial charge is 0.468 e. The molecule has 2 heterocycles. The van der Waals surface area contributed by atoms with Crippen LogP contribution in [0.3, 0.4) is 0 Å². The minimum absolute atomic E-state index is 0.00483. The zero-order valence-electron chi connectivity index (χ0n) is 16.9. The van der Waals surface area contributed by atoms with Gasteiger partial charge in [-0.25, -0.2) is 14.8 Å². The number of fused-ring (bicyclic) bond motifs is 1. The summed E-state index contributed by atoms with van der Waals surface area (Å²) in [6.45, 7) is 1.87. The molecule has 0 spiro atoms. The van der Waals surface area contributed by atoms with Gasteiger partial charge in [-0.2, -0.15) is 9.97 Å². The van der Waals surface area contributed by atoms with Crippen molar-refractivity contribution in [2.45, 2.75) is 25.2 Å². The molecule has 0 saturated heterocycles. The Hall–Kier alpha value is -3.82. The summed E-state index contributed by atoms with van der Waals surface area (Å²) in [5, 5.41) is 0. The van der Waals surface area contributed by atoms with E-state index >= 15 is 0 Å². The second-order valence-electron chi connectivity index (χ2n) is 6.67. The van der Waals surface area contributed by atoms with Gasteiger partial charge in [0.15, 0.2) is 17.0 Å². The summed E-state index contributed by atoms with van der Waals surface area (Å²) in [6.07, 6.45) is 2.13. The van der Waals surface area contributed by atoms with Gasteiger partial charge in [0.1, 0.15) is 0 Å². The molecular formula is C20H22N6O4. The predicted molar refractivity (Wildman–Crippen MR) is 109 cm³/mol. The number of anilines is 2. The number of esters is 2. The summed E-state index contributed by atoms with van der Waals surface area (Å²) >= 11 is 0. The summed E-state index contributed by atoms with van der Waals surface area (Å²) in [5.41, 5.74) is 12.6. The van der Waals surface area contributed by atoms with Gasteiger partial charge in [0.05, 0.1) is 37.1 Å². The van der Waals surface area contributed by atoms with E-state index in [4.69, 9.17) is 20.9 Å². The second-order valence-corrected chi connectivity index (χ2v) is 6.67. The molecule has 0 radical (unpaired) electrons. The Bertz CT molecular complexity index is 1100. The molecule has 0 aliphatic carbocycles. The van der Waals surface area contributed by atoms with E-state index in [9.17, 15) is 9.59 Å². The lowest BCUT2D eigenvalue weighted by Gasteiger charge is -2.30. The third kappa shape index (κ3) is 3.71. The van der Waals surface area contributed by atoms with Gasteiger partial charge in [-0.05, 0) is 24.1 Å². The number of hydrogen-bond donors (Lipinski definition) is 2. The standard InChI is InChI=1S/C20H22N6O4/c1-4-20(18(28)30-3,12-7-5-11(6-8-12)17(27)29-2)9-13-10-23-16-14(24-13)15(21)25-19(22)26-16/h5-8,10H,4,9H2,1-3H3,(H4,21,22,23,25,26). The first-order chi connectivity index (χ1) is 14.3. The molecule has 10 nitrogen and oxygen atoms in total. The Kier molecular flexibility index (Phi) is 5.77. The SMILES string of the molecule is CCC(Cc1cnc2nc(N)nc(N)c2n1)(C(=O)OC)c1ccc(C(=O)OC)cc1. The van der Waals surface area contributed by atoms with E-state index in [1.807, 2.05) is 6.92 Å². The molecule has 0 bridgehead atoms. The number of carbonyl (C=O) groups is 2. The quantitative estimate of drug-likeness (QED) is 0.570. The van der Waals surface area contributed by atoms with Crippen molar-refractivity contribution in [3.63, 3.8) is 0 Å². The molecule has 3 rings (SSSR count). The monoisotopic (exact) mass is 410 g/mol. The van der Waals surface area contributed by atoms with E-state index < -0.39 is 17.4 Å². The number of hydrogen-bond acceptors (Lipinski definition) is 10. The highest BCUT2D eigenvalue weighted by Crippen LogP contribution is 2.34. The van der Waals surface area contributed by atoms with Gasteiger partial charge in [-0.15, -0.1) is 0 Å². The van der Waals surface area contributed by atoms with Crippen LogP contribution in [0.25, 0.3) is 11.2 Å². The minimum Gasteiger partial charge on any atom is -0.468 e. The minimum atomic E-state index is -1.05. The van der Waals surface area contributed by atoms with Gasteiger partial charge in [-0.1, -0.05) is 19.1 Å². The normalized spacial score (nSPS) is 12.9. The van der Waals surface area contributed by atoms with Crippen LogP contribution in [0.2, 0.25) is 0 Å². The number of nitrogen functional groups attached to an aromatic ring is 2. The number of nitrogens with two attached hydrogens (primary N) is 2. The summed E-state index contributed by atoms with van der Waals surface area (Å²) in [7, 11) is 2.64. The number of methoxy groups -OCH3 is 2. The van der Waals surface area contributed by atoms with E-state index in [1.54, 1.807) is 24.3 Å². The van der Waals surface area contributed by atoms with E-state index in [-0.39, 0.29) is 23.8 Å². The van der Waals surface area contributed by atoms with Crippen LogP contribution in [0.4, 0.5) is 11.8 Å². The zero-order chi connectivity index (χ0) is 21.9. The molecule has 10 heteroatoms. The van der Waals surface area contributed by atoms with Crippen LogP contribution in [0.15, 0.2) is 30.5 Å². The molecule has 1 unspecified atom stereocenters. The zero-order valence-corrected chi connectivity index (χ0v) is 16.9. The highest BCUT2D eigenvalue weighted by molar-refractivity contribution is 5.90. The highest BCUT2D eigenvalue weighted by Gasteiger charge is 2.40. The van der Waals surface area contributed by atoms with Crippen LogP contribution in [-0.4, -0.2) is 46.1 Å². The lowest BCUT2D eigenvalue weighted by atomic mass is 9.74. The summed E-state index contributed by atoms with van der Waals surface area (Å²) in [6, 6.07) is 6.63. The van der Waals surface area contributed by atoms with Gasteiger partial charge in [0.25, 0.3) is 0 Å². The molecule has 1 atom stereocenters. The first-order valence-electron chi connectivity index (χ1n) is 9.16. The fraction of sp³-hybridized carbons (Fsp3) is 0.300. The number of benzene rings is 1. The van der Waals surface area contributed by atoms with Crippen LogP contribution in [0.5, 0.6) is 0 Å². The molecule has 0 aliphatic rings. The molecule has 3 aromatic rings. The van der Waals surface area contributed by atoms with Crippen LogP contribution in [0, 0.1) is 0 Å². The lowest BCUT2D eigenvalue weighted by Crippen LogP contribution is -2.39. The topological polar surface area (TPSA) is 156 Å². The third-order valence-corrected chi connectivity index (χ3v) is 5.02. The Morgan fingerprint density at radius 3 is 2.33 bits per heavy atom. The molecule has 0 amide bonds. The van der Waals surface area contributed by atoms with Gasteiger partial charge in [0.2, 0.25) is 5.95 Å². The Labute approximate surface area is 172 Å². The number of nitrogens with zero attached hydrogens (tertiary/aromatic N) is 4. The molecule has 30 heavy (non-hydrogen) atoms. The van der Waals surface area contributed by atoms with Crippen molar-refractivity contribution >= 4 is 34.9 Å². The maximum atomic E-state index is 12.9. The van der Waals surface area contributed by atoms with Crippen molar-refractivity contribution in [1.29, 1.82) is 0 Å². The molecule has 0 aliphatic heterocycles. The number of ether oxygens (including phenoxy) is 2. The fourth-order valence-corrected chi connectivity index (χ4v) is 3.38. The van der Waals surface area contributed by atoms with E-state index in [2.05, 4.69) is 19.9 Å². The number of aromatic nitrogens is 4. The molecule has 1 aromatic carbocycles. The number of rotatable bonds is 6. The van der Waals surface area contributed by atoms with Crippen molar-refractivity contribution in [2.75, 3.05) is 25.7 Å². The first-order valence-corrected chi connectivity index (χ1v) is 9.16. The van der Waals surface area contributed by atoms with Crippen molar-refractivity contribution < 1.29 is 19.1 Å².